The molecule has 2 aromatic rings. The van der Waals surface area contributed by atoms with E-state index in [2.05, 4.69) is 34.6 Å². The summed E-state index contributed by atoms with van der Waals surface area (Å²) in [5, 5.41) is 14.3. The van der Waals surface area contributed by atoms with E-state index in [1.807, 2.05) is 6.92 Å². The van der Waals surface area contributed by atoms with Gasteiger partial charge < -0.3 is 15.4 Å². The number of benzene rings is 1. The van der Waals surface area contributed by atoms with Crippen LogP contribution in [0.1, 0.15) is 43.5 Å². The van der Waals surface area contributed by atoms with Crippen LogP contribution in [0.3, 0.4) is 0 Å². The van der Waals surface area contributed by atoms with Gasteiger partial charge in [-0.25, -0.2) is 0 Å². The van der Waals surface area contributed by atoms with Crippen LogP contribution in [0.5, 0.6) is 0 Å². The molecule has 3 heteroatoms. The lowest BCUT2D eigenvalue weighted by Crippen LogP contribution is -2.27. The van der Waals surface area contributed by atoms with Crippen LogP contribution in [-0.4, -0.2) is 22.7 Å². The summed E-state index contributed by atoms with van der Waals surface area (Å²) in [6.45, 7) is 2.72. The Hall–Kier alpha value is -1.32. The Labute approximate surface area is 114 Å². The fraction of sp³-hybridized carbons (Fsp3) is 0.500. The van der Waals surface area contributed by atoms with E-state index in [-0.39, 0.29) is 6.10 Å². The second kappa shape index (κ2) is 5.35. The highest BCUT2D eigenvalue weighted by Gasteiger charge is 2.23. The maximum atomic E-state index is 9.34. The largest absolute Gasteiger partial charge is 0.393 e. The SMILES string of the molecule is CC(O)CCNC1CCCc2c1[nH]c1ccccc21. The molecule has 1 aromatic carbocycles. The molecular formula is C16H22N2O. The fourth-order valence-electron chi connectivity index (χ4n) is 3.09. The van der Waals surface area contributed by atoms with Gasteiger partial charge in [-0.1, -0.05) is 18.2 Å². The minimum absolute atomic E-state index is 0.224. The molecule has 102 valence electrons. The van der Waals surface area contributed by atoms with Crippen molar-refractivity contribution in [2.24, 2.45) is 0 Å². The Morgan fingerprint density at radius 1 is 1.42 bits per heavy atom. The number of rotatable bonds is 4. The number of nitrogens with one attached hydrogen (secondary N) is 2. The molecule has 19 heavy (non-hydrogen) atoms. The van der Waals surface area contributed by atoms with Crippen molar-refractivity contribution in [3.63, 3.8) is 0 Å². The summed E-state index contributed by atoms with van der Waals surface area (Å²) in [6, 6.07) is 8.97. The maximum absolute atomic E-state index is 9.34. The molecule has 3 rings (SSSR count). The summed E-state index contributed by atoms with van der Waals surface area (Å²) in [7, 11) is 0. The first-order chi connectivity index (χ1) is 9.25. The number of hydrogen-bond donors (Lipinski definition) is 3. The van der Waals surface area contributed by atoms with Crippen molar-refractivity contribution in [3.8, 4) is 0 Å². The highest BCUT2D eigenvalue weighted by Crippen LogP contribution is 2.34. The van der Waals surface area contributed by atoms with Crippen LogP contribution in [0.2, 0.25) is 0 Å². The maximum Gasteiger partial charge on any atom is 0.0524 e. The van der Waals surface area contributed by atoms with E-state index in [9.17, 15) is 5.11 Å². The van der Waals surface area contributed by atoms with E-state index in [0.29, 0.717) is 6.04 Å². The van der Waals surface area contributed by atoms with Gasteiger partial charge >= 0.3 is 0 Å². The van der Waals surface area contributed by atoms with Crippen molar-refractivity contribution in [1.29, 1.82) is 0 Å². The minimum Gasteiger partial charge on any atom is -0.393 e. The molecule has 0 spiro atoms. The van der Waals surface area contributed by atoms with Crippen molar-refractivity contribution in [1.82, 2.24) is 10.3 Å². The average molecular weight is 258 g/mol. The van der Waals surface area contributed by atoms with Gasteiger partial charge in [0.2, 0.25) is 0 Å². The quantitative estimate of drug-likeness (QED) is 0.789. The van der Waals surface area contributed by atoms with Gasteiger partial charge in [-0.05, 0) is 50.8 Å². The van der Waals surface area contributed by atoms with E-state index in [4.69, 9.17) is 0 Å². The average Bonchev–Trinajstić information content (AvgIpc) is 2.78. The lowest BCUT2D eigenvalue weighted by molar-refractivity contribution is 0.181. The van der Waals surface area contributed by atoms with E-state index < -0.39 is 0 Å². The van der Waals surface area contributed by atoms with Crippen LogP contribution in [0.25, 0.3) is 10.9 Å². The monoisotopic (exact) mass is 258 g/mol. The topological polar surface area (TPSA) is 48.0 Å². The zero-order chi connectivity index (χ0) is 13.2. The van der Waals surface area contributed by atoms with Gasteiger partial charge in [0.15, 0.2) is 0 Å². The smallest absolute Gasteiger partial charge is 0.0524 e. The van der Waals surface area contributed by atoms with Crippen molar-refractivity contribution in [2.75, 3.05) is 6.54 Å². The molecule has 2 atom stereocenters. The summed E-state index contributed by atoms with van der Waals surface area (Å²) >= 11 is 0. The summed E-state index contributed by atoms with van der Waals surface area (Å²) in [4.78, 5) is 3.58. The molecule has 0 bridgehead atoms. The number of fused-ring (bicyclic) bond motifs is 3. The molecule has 0 fully saturated rings. The molecular weight excluding hydrogens is 236 g/mol. The number of H-pyrrole nitrogens is 1. The van der Waals surface area contributed by atoms with E-state index in [1.54, 1.807) is 0 Å². The van der Waals surface area contributed by atoms with Crippen LogP contribution in [-0.2, 0) is 6.42 Å². The predicted octanol–water partition coefficient (Wildman–Crippen LogP) is 2.91. The van der Waals surface area contributed by atoms with Crippen LogP contribution < -0.4 is 5.32 Å². The van der Waals surface area contributed by atoms with Gasteiger partial charge in [-0.3, -0.25) is 0 Å². The van der Waals surface area contributed by atoms with Gasteiger partial charge in [0, 0.05) is 22.6 Å². The molecule has 0 aliphatic heterocycles. The summed E-state index contributed by atoms with van der Waals surface area (Å²) in [5.74, 6) is 0. The molecule has 0 saturated carbocycles. The zero-order valence-electron chi connectivity index (χ0n) is 11.4. The lowest BCUT2D eigenvalue weighted by atomic mass is 9.91. The molecule has 0 radical (unpaired) electrons. The number of aromatic nitrogens is 1. The van der Waals surface area contributed by atoms with Crippen molar-refractivity contribution < 1.29 is 5.11 Å². The standard InChI is InChI=1S/C16H22N2O/c1-11(19)9-10-17-15-8-4-6-13-12-5-2-3-7-14(12)18-16(13)15/h2-3,5,7,11,15,17-19H,4,6,8-10H2,1H3. The summed E-state index contributed by atoms with van der Waals surface area (Å²) in [6.07, 6.45) is 4.18. The third-order valence-corrected chi connectivity index (χ3v) is 4.07. The number of aliphatic hydroxyl groups is 1. The van der Waals surface area contributed by atoms with E-state index in [1.165, 1.54) is 41.4 Å². The molecule has 2 unspecified atom stereocenters. The minimum atomic E-state index is -0.224. The second-order valence-corrected chi connectivity index (χ2v) is 5.60. The van der Waals surface area contributed by atoms with Crippen LogP contribution in [0.4, 0.5) is 0 Å². The first kappa shape index (κ1) is 12.7. The van der Waals surface area contributed by atoms with Crippen molar-refractivity contribution in [2.45, 2.75) is 44.8 Å². The highest BCUT2D eigenvalue weighted by molar-refractivity contribution is 5.85. The molecule has 1 aliphatic rings. The molecule has 1 heterocycles. The number of para-hydroxylation sites is 1. The van der Waals surface area contributed by atoms with Crippen LogP contribution >= 0.6 is 0 Å². The normalized spacial score (nSPS) is 20.4. The van der Waals surface area contributed by atoms with E-state index in [0.717, 1.165) is 13.0 Å². The summed E-state index contributed by atoms with van der Waals surface area (Å²) < 4.78 is 0. The number of aryl methyl sites for hydroxylation is 1. The molecule has 3 nitrogen and oxygen atoms in total. The van der Waals surface area contributed by atoms with Gasteiger partial charge in [-0.2, -0.15) is 0 Å². The Balaban J connectivity index is 1.83. The Morgan fingerprint density at radius 2 is 2.26 bits per heavy atom. The van der Waals surface area contributed by atoms with Crippen molar-refractivity contribution in [3.05, 3.63) is 35.5 Å². The van der Waals surface area contributed by atoms with Gasteiger partial charge in [0.1, 0.15) is 0 Å². The Kier molecular flexibility index (Phi) is 3.58. The predicted molar refractivity (Wildman–Crippen MR) is 78.3 cm³/mol. The molecule has 3 N–H and O–H groups in total. The van der Waals surface area contributed by atoms with Crippen LogP contribution in [0, 0.1) is 0 Å². The first-order valence-electron chi connectivity index (χ1n) is 7.26. The highest BCUT2D eigenvalue weighted by atomic mass is 16.3. The number of aliphatic hydroxyl groups excluding tert-OH is 1. The van der Waals surface area contributed by atoms with Gasteiger partial charge in [0.05, 0.1) is 6.10 Å². The second-order valence-electron chi connectivity index (χ2n) is 5.60. The lowest BCUT2D eigenvalue weighted by Gasteiger charge is -2.24. The molecule has 0 saturated heterocycles. The Morgan fingerprint density at radius 3 is 3.11 bits per heavy atom. The third kappa shape index (κ3) is 2.53. The van der Waals surface area contributed by atoms with Crippen molar-refractivity contribution >= 4 is 10.9 Å². The fourth-order valence-corrected chi connectivity index (χ4v) is 3.09. The van der Waals surface area contributed by atoms with E-state index >= 15 is 0 Å². The first-order valence-corrected chi connectivity index (χ1v) is 7.26. The number of hydrogen-bond acceptors (Lipinski definition) is 2. The molecule has 1 aliphatic carbocycles. The van der Waals surface area contributed by atoms with Crippen LogP contribution in [0.15, 0.2) is 24.3 Å². The third-order valence-electron chi connectivity index (χ3n) is 4.07. The Bertz CT molecular complexity index is 559. The molecule has 0 amide bonds. The number of aromatic amines is 1. The summed E-state index contributed by atoms with van der Waals surface area (Å²) in [5.41, 5.74) is 4.09. The van der Waals surface area contributed by atoms with Gasteiger partial charge in [-0.15, -0.1) is 0 Å². The zero-order valence-corrected chi connectivity index (χ0v) is 11.4. The molecule has 1 aromatic heterocycles. The van der Waals surface area contributed by atoms with Gasteiger partial charge in [0.25, 0.3) is 0 Å².